The van der Waals surface area contributed by atoms with E-state index in [1.807, 2.05) is 20.1 Å². The first kappa shape index (κ1) is 72.4. The maximum atomic E-state index is 14.8. The minimum absolute atomic E-state index is 0.000602. The van der Waals surface area contributed by atoms with Gasteiger partial charge in [-0.15, -0.1) is 0 Å². The lowest BCUT2D eigenvalue weighted by Gasteiger charge is -2.32. The number of guanidine groups is 1. The number of carbonyl (C=O) groups is 11. The Hall–Kier alpha value is -8.05. The molecule has 28 nitrogen and oxygen atoms in total. The molecule has 2 aliphatic heterocycles. The Morgan fingerprint density at radius 2 is 1.09 bits per heavy atom. The average Bonchev–Trinajstić information content (AvgIpc) is 3.30. The van der Waals surface area contributed by atoms with E-state index in [1.54, 1.807) is 42.5 Å². The number of hydrogen-bond acceptors (Lipinski definition) is 16. The lowest BCUT2D eigenvalue weighted by atomic mass is 10.0. The molecule has 10 amide bonds. The van der Waals surface area contributed by atoms with E-state index in [-0.39, 0.29) is 102 Å². The first-order chi connectivity index (χ1) is 41.9. The van der Waals surface area contributed by atoms with Crippen LogP contribution in [0.4, 0.5) is 0 Å². The van der Waals surface area contributed by atoms with Crippen molar-refractivity contribution in [3.63, 3.8) is 0 Å². The zero-order valence-electron chi connectivity index (χ0n) is 50.8. The van der Waals surface area contributed by atoms with Crippen molar-refractivity contribution >= 4 is 82.8 Å². The van der Waals surface area contributed by atoms with Gasteiger partial charge in [-0.05, 0) is 125 Å². The second kappa shape index (κ2) is 36.9. The fraction of sp³-hybridized carbons (Fsp3) is 0.593. The monoisotopic (exact) mass is 1250 g/mol. The summed E-state index contributed by atoms with van der Waals surface area (Å²) >= 11 is 1.42. The van der Waals surface area contributed by atoms with E-state index in [9.17, 15) is 68.1 Å². The molecule has 486 valence electrons. The summed E-state index contributed by atoms with van der Waals surface area (Å²) < 4.78 is 0. The zero-order chi connectivity index (χ0) is 65.0. The number of carbonyl (C=O) groups excluding carboxylic acids is 10. The molecule has 2 aliphatic rings. The topological polar surface area (TPSA) is 442 Å². The van der Waals surface area contributed by atoms with Crippen molar-refractivity contribution in [1.29, 1.82) is 0 Å². The number of nitrogens with one attached hydrogen (secondary N) is 8. The Kier molecular flexibility index (Phi) is 30.4. The van der Waals surface area contributed by atoms with Crippen LogP contribution in [0.5, 0.6) is 5.75 Å². The van der Waals surface area contributed by atoms with Crippen LogP contribution < -0.4 is 59.7 Å². The SMILES string of the molecule is CSCC[C@H](NC(=O)[C@@H]1CCCN1C(=O)[C@H](CCCCN)NC(=O)[C@H](Cc1ccccc1)NC(=O)[C@H](CO)NC(=O)[C@H](Cc1ccc(O)cc1)NC(C)=O)C(=O)N1CCC[C@H]1C(=O)N[C@@H](CC(C)C)C(=O)N[C@@H](C)C(=O)N[C@@H](CCCN=C(N)N)C(=O)O. The number of thioether (sulfide) groups is 1. The van der Waals surface area contributed by atoms with Crippen LogP contribution in [0.25, 0.3) is 0 Å². The predicted octanol–water partition coefficient (Wildman–Crippen LogP) is -1.86. The van der Waals surface area contributed by atoms with Gasteiger partial charge in [0.15, 0.2) is 5.96 Å². The molecule has 0 aromatic heterocycles. The Bertz CT molecular complexity index is 2720. The quantitative estimate of drug-likeness (QED) is 0.0202. The number of carboxylic acids is 1. The number of phenols is 1. The number of aliphatic hydroxyl groups excluding tert-OH is 1. The number of phenolic OH excluding ortho intramolecular Hbond substituents is 1. The molecule has 0 bridgehead atoms. The number of aliphatic hydroxyl groups is 1. The fourth-order valence-corrected chi connectivity index (χ4v) is 10.8. The average molecular weight is 1250 g/mol. The number of benzene rings is 2. The summed E-state index contributed by atoms with van der Waals surface area (Å²) in [6, 6.07) is 2.16. The minimum Gasteiger partial charge on any atom is -0.508 e. The molecule has 88 heavy (non-hydrogen) atoms. The summed E-state index contributed by atoms with van der Waals surface area (Å²) in [5, 5.41) is 50.9. The highest BCUT2D eigenvalue weighted by molar-refractivity contribution is 7.98. The van der Waals surface area contributed by atoms with Crippen LogP contribution in [0.3, 0.4) is 0 Å². The van der Waals surface area contributed by atoms with Crippen molar-refractivity contribution < 1.29 is 68.1 Å². The van der Waals surface area contributed by atoms with Gasteiger partial charge in [-0.2, -0.15) is 11.8 Å². The molecule has 17 N–H and O–H groups in total. The van der Waals surface area contributed by atoms with Gasteiger partial charge in [0.05, 0.1) is 6.61 Å². The van der Waals surface area contributed by atoms with Gasteiger partial charge in [-0.3, -0.25) is 52.9 Å². The molecule has 2 saturated heterocycles. The smallest absolute Gasteiger partial charge is 0.326 e. The highest BCUT2D eigenvalue weighted by Crippen LogP contribution is 2.24. The van der Waals surface area contributed by atoms with Gasteiger partial charge >= 0.3 is 5.97 Å². The number of unbranched alkanes of at least 4 members (excludes halogenated alkanes) is 1. The Morgan fingerprint density at radius 1 is 0.602 bits per heavy atom. The summed E-state index contributed by atoms with van der Waals surface area (Å²) in [7, 11) is 0. The highest BCUT2D eigenvalue weighted by Gasteiger charge is 2.43. The molecule has 0 spiro atoms. The van der Waals surface area contributed by atoms with Gasteiger partial charge < -0.3 is 84.9 Å². The van der Waals surface area contributed by atoms with Crippen molar-refractivity contribution in [2.75, 3.05) is 44.8 Å². The lowest BCUT2D eigenvalue weighted by molar-refractivity contribution is -0.145. The van der Waals surface area contributed by atoms with Crippen molar-refractivity contribution in [2.24, 2.45) is 28.1 Å². The highest BCUT2D eigenvalue weighted by atomic mass is 32.2. The minimum atomic E-state index is -1.61. The number of aliphatic imine (C=N–C) groups is 1. The third kappa shape index (κ3) is 23.6. The molecule has 2 fully saturated rings. The number of carboxylic acid groups (broad SMARTS) is 1. The van der Waals surface area contributed by atoms with Crippen molar-refractivity contribution in [2.45, 2.75) is 172 Å². The molecule has 4 rings (SSSR count). The van der Waals surface area contributed by atoms with Gasteiger partial charge in [0, 0.05) is 39.4 Å². The summed E-state index contributed by atoms with van der Waals surface area (Å²) in [4.78, 5) is 158. The summed E-state index contributed by atoms with van der Waals surface area (Å²) in [5.74, 6) is -8.26. The van der Waals surface area contributed by atoms with Crippen molar-refractivity contribution in [3.05, 3.63) is 65.7 Å². The Balaban J connectivity index is 1.50. The van der Waals surface area contributed by atoms with Crippen LogP contribution in [-0.2, 0) is 65.6 Å². The Morgan fingerprint density at radius 3 is 1.61 bits per heavy atom. The van der Waals surface area contributed by atoms with Crippen LogP contribution in [0.1, 0.15) is 109 Å². The van der Waals surface area contributed by atoms with E-state index in [2.05, 4.69) is 47.5 Å². The van der Waals surface area contributed by atoms with Crippen molar-refractivity contribution in [3.8, 4) is 5.75 Å². The number of likely N-dealkylation sites (tertiary alicyclic amines) is 2. The zero-order valence-corrected chi connectivity index (χ0v) is 51.6. The predicted molar refractivity (Wildman–Crippen MR) is 328 cm³/mol. The number of rotatable bonds is 36. The van der Waals surface area contributed by atoms with Gasteiger partial charge in [0.1, 0.15) is 66.2 Å². The van der Waals surface area contributed by atoms with Gasteiger partial charge in [0.2, 0.25) is 59.1 Å². The maximum absolute atomic E-state index is 14.8. The molecule has 29 heteroatoms. The second-order valence-corrected chi connectivity index (χ2v) is 23.4. The molecule has 2 heterocycles. The van der Waals surface area contributed by atoms with Crippen LogP contribution in [0.15, 0.2) is 59.6 Å². The molecule has 0 saturated carbocycles. The van der Waals surface area contributed by atoms with Gasteiger partial charge in [0.25, 0.3) is 0 Å². The Labute approximate surface area is 517 Å². The van der Waals surface area contributed by atoms with E-state index in [0.29, 0.717) is 42.6 Å². The number of nitrogens with two attached hydrogens (primary N) is 3. The summed E-state index contributed by atoms with van der Waals surface area (Å²) in [6.07, 6.45) is 4.40. The van der Waals surface area contributed by atoms with Crippen LogP contribution in [0, 0.1) is 5.92 Å². The third-order valence-electron chi connectivity index (χ3n) is 14.9. The van der Waals surface area contributed by atoms with E-state index >= 15 is 0 Å². The van der Waals surface area contributed by atoms with Crippen molar-refractivity contribution in [1.82, 2.24) is 52.3 Å². The van der Waals surface area contributed by atoms with E-state index in [4.69, 9.17) is 17.2 Å². The van der Waals surface area contributed by atoms with Crippen LogP contribution in [0.2, 0.25) is 0 Å². The van der Waals surface area contributed by atoms with E-state index < -0.39 is 132 Å². The van der Waals surface area contributed by atoms with Crippen LogP contribution >= 0.6 is 11.8 Å². The number of amides is 10. The molecule has 0 aliphatic carbocycles. The van der Waals surface area contributed by atoms with E-state index in [1.165, 1.54) is 47.5 Å². The van der Waals surface area contributed by atoms with Crippen LogP contribution in [-0.4, -0.2) is 201 Å². The largest absolute Gasteiger partial charge is 0.508 e. The number of aromatic hydroxyl groups is 1. The number of aliphatic carboxylic acids is 1. The van der Waals surface area contributed by atoms with Gasteiger partial charge in [-0.1, -0.05) is 56.3 Å². The fourth-order valence-electron chi connectivity index (χ4n) is 10.3. The number of hydrogen-bond donors (Lipinski definition) is 14. The van der Waals surface area contributed by atoms with E-state index in [0.717, 1.165) is 0 Å². The number of nitrogens with zero attached hydrogens (tertiary/aromatic N) is 3. The molecular weight excluding hydrogens is 1160 g/mol. The summed E-state index contributed by atoms with van der Waals surface area (Å²) in [5.41, 5.74) is 17.7. The molecule has 0 radical (unpaired) electrons. The molecular formula is C59H90N14O14S. The van der Waals surface area contributed by atoms with Gasteiger partial charge in [-0.25, -0.2) is 4.79 Å². The lowest BCUT2D eigenvalue weighted by Crippen LogP contribution is -2.61. The maximum Gasteiger partial charge on any atom is 0.326 e. The molecule has 2 aromatic rings. The molecule has 10 atom stereocenters. The molecule has 0 unspecified atom stereocenters. The normalized spacial score (nSPS) is 17.3. The second-order valence-electron chi connectivity index (χ2n) is 22.5. The summed E-state index contributed by atoms with van der Waals surface area (Å²) in [6.45, 7) is 5.99. The molecule has 2 aromatic carbocycles. The third-order valence-corrected chi connectivity index (χ3v) is 15.6. The first-order valence-corrected chi connectivity index (χ1v) is 31.2. The first-order valence-electron chi connectivity index (χ1n) is 29.8. The standard InChI is InChI=1S/C59H90N14O14S/c1-34(2)30-43(50(78)64-35(3)49(77)68-42(58(86)87)17-11-26-63-59(61)62)70-55(83)48-19-13-28-73(48)57(85)41(24-29-88-5)67-54(82)47-18-12-27-72(47)56(84)40(16-9-10-25-60)66-52(80)45(31-37-14-7-6-8-15-37)69-53(81)46(33-74)71-51(79)44(65-36(4)75)32-38-20-22-39(76)23-21-38/h6-8,14-15,20-23,34-35,40-48,74,76H,9-13,16-19,24-33,60H2,1-5H3,(H,64,78)(H,65,75)(H,66,80)(H,67,82)(H,68,77)(H,69,81)(H,70,83)(H,71,79)(H,86,87)(H4,61,62,63)/t35-,40-,41-,42-,43-,44-,45-,46-,47-,48-/m0/s1.